The van der Waals surface area contributed by atoms with E-state index in [0.717, 1.165) is 11.4 Å². The number of carbonyl (C=O) groups is 1. The van der Waals surface area contributed by atoms with E-state index in [1.807, 2.05) is 29.9 Å². The lowest BCUT2D eigenvalue weighted by atomic mass is 9.99. The van der Waals surface area contributed by atoms with Gasteiger partial charge in [-0.15, -0.1) is 0 Å². The van der Waals surface area contributed by atoms with Crippen LogP contribution in [0.5, 0.6) is 0 Å². The van der Waals surface area contributed by atoms with Crippen LogP contribution in [0.4, 0.5) is 0 Å². The van der Waals surface area contributed by atoms with Crippen LogP contribution in [-0.4, -0.2) is 22.1 Å². The lowest BCUT2D eigenvalue weighted by molar-refractivity contribution is -0.137. The van der Waals surface area contributed by atoms with Crippen LogP contribution < -0.4 is 0 Å². The molecule has 110 valence electrons. The standard InChI is InChI=1S/C15H16N2O2S2/c1-17-10-16-8-14(17)21-20-13-5-3-2-4-12(13)6-11-7-15(18)19-9-11/h2-5,8,10-11H,6-7,9H2,1H3. The van der Waals surface area contributed by atoms with Gasteiger partial charge in [-0.3, -0.25) is 4.79 Å². The first kappa shape index (κ1) is 14.5. The Hall–Kier alpha value is -1.40. The van der Waals surface area contributed by atoms with Crippen molar-refractivity contribution in [1.82, 2.24) is 9.55 Å². The quantitative estimate of drug-likeness (QED) is 0.624. The van der Waals surface area contributed by atoms with Gasteiger partial charge in [0.2, 0.25) is 0 Å². The maximum Gasteiger partial charge on any atom is 0.306 e. The van der Waals surface area contributed by atoms with E-state index in [-0.39, 0.29) is 5.97 Å². The van der Waals surface area contributed by atoms with Crippen molar-refractivity contribution in [1.29, 1.82) is 0 Å². The van der Waals surface area contributed by atoms with Crippen LogP contribution in [0.2, 0.25) is 0 Å². The Kier molecular flexibility index (Phi) is 4.55. The number of cyclic esters (lactones) is 1. The Labute approximate surface area is 131 Å². The zero-order valence-electron chi connectivity index (χ0n) is 11.7. The molecular formula is C15H16N2O2S2. The zero-order chi connectivity index (χ0) is 14.7. The normalized spacial score (nSPS) is 18.0. The molecule has 4 nitrogen and oxygen atoms in total. The van der Waals surface area contributed by atoms with Gasteiger partial charge in [-0.1, -0.05) is 29.0 Å². The minimum absolute atomic E-state index is 0.0746. The molecule has 0 radical (unpaired) electrons. The third-order valence-electron chi connectivity index (χ3n) is 3.41. The van der Waals surface area contributed by atoms with Crippen LogP contribution in [-0.2, 0) is 23.0 Å². The molecule has 0 amide bonds. The molecule has 1 aromatic carbocycles. The monoisotopic (exact) mass is 320 g/mol. The van der Waals surface area contributed by atoms with Gasteiger partial charge in [-0.25, -0.2) is 4.98 Å². The van der Waals surface area contributed by atoms with Gasteiger partial charge in [-0.2, -0.15) is 0 Å². The number of rotatable bonds is 5. The van der Waals surface area contributed by atoms with Crippen LogP contribution in [0.1, 0.15) is 12.0 Å². The number of ether oxygens (including phenoxy) is 1. The molecule has 0 aliphatic carbocycles. The molecule has 0 bridgehead atoms. The molecule has 3 rings (SSSR count). The Bertz CT molecular complexity index is 642. The Balaban J connectivity index is 1.67. The summed E-state index contributed by atoms with van der Waals surface area (Å²) in [4.78, 5) is 16.6. The molecule has 1 fully saturated rings. The summed E-state index contributed by atoms with van der Waals surface area (Å²) in [6.45, 7) is 0.548. The van der Waals surface area contributed by atoms with Gasteiger partial charge in [0.1, 0.15) is 5.03 Å². The van der Waals surface area contributed by atoms with Crippen molar-refractivity contribution in [2.24, 2.45) is 13.0 Å². The summed E-state index contributed by atoms with van der Waals surface area (Å²) in [7, 11) is 5.42. The van der Waals surface area contributed by atoms with E-state index in [0.29, 0.717) is 18.9 Å². The molecule has 0 spiro atoms. The zero-order valence-corrected chi connectivity index (χ0v) is 13.3. The molecule has 1 aromatic heterocycles. The van der Waals surface area contributed by atoms with Gasteiger partial charge in [-0.05, 0) is 28.8 Å². The van der Waals surface area contributed by atoms with Crippen LogP contribution in [0, 0.1) is 5.92 Å². The lowest BCUT2D eigenvalue weighted by Gasteiger charge is -2.11. The summed E-state index contributed by atoms with van der Waals surface area (Å²) in [5, 5.41) is 1.12. The molecule has 1 aliphatic heterocycles. The minimum atomic E-state index is -0.0746. The van der Waals surface area contributed by atoms with Crippen LogP contribution in [0.3, 0.4) is 0 Å². The molecule has 1 saturated heterocycles. The van der Waals surface area contributed by atoms with Crippen molar-refractivity contribution in [3.8, 4) is 0 Å². The Morgan fingerprint density at radius 1 is 1.38 bits per heavy atom. The van der Waals surface area contributed by atoms with Crippen molar-refractivity contribution in [2.75, 3.05) is 6.61 Å². The number of hydrogen-bond donors (Lipinski definition) is 0. The number of benzene rings is 1. The van der Waals surface area contributed by atoms with Crippen molar-refractivity contribution >= 4 is 27.6 Å². The molecule has 1 aliphatic rings. The third kappa shape index (κ3) is 3.63. The van der Waals surface area contributed by atoms with Gasteiger partial charge in [0.05, 0.1) is 25.6 Å². The molecule has 0 N–H and O–H groups in total. The molecule has 1 unspecified atom stereocenters. The van der Waals surface area contributed by atoms with Crippen molar-refractivity contribution in [3.05, 3.63) is 42.4 Å². The summed E-state index contributed by atoms with van der Waals surface area (Å²) < 4.78 is 7.05. The Morgan fingerprint density at radius 2 is 2.24 bits per heavy atom. The predicted octanol–water partition coefficient (Wildman–Crippen LogP) is 3.33. The van der Waals surface area contributed by atoms with Gasteiger partial charge < -0.3 is 9.30 Å². The van der Waals surface area contributed by atoms with Crippen molar-refractivity contribution < 1.29 is 9.53 Å². The van der Waals surface area contributed by atoms with E-state index >= 15 is 0 Å². The number of carbonyl (C=O) groups excluding carboxylic acids is 1. The average molecular weight is 320 g/mol. The van der Waals surface area contributed by atoms with Crippen LogP contribution >= 0.6 is 21.6 Å². The fourth-order valence-electron chi connectivity index (χ4n) is 2.27. The summed E-state index contributed by atoms with van der Waals surface area (Å²) >= 11 is 0. The predicted molar refractivity (Wildman–Crippen MR) is 84.1 cm³/mol. The van der Waals surface area contributed by atoms with E-state index in [2.05, 4.69) is 17.1 Å². The molecule has 21 heavy (non-hydrogen) atoms. The molecule has 6 heteroatoms. The minimum Gasteiger partial charge on any atom is -0.465 e. The van der Waals surface area contributed by atoms with E-state index in [1.54, 1.807) is 27.9 Å². The first-order valence-corrected chi connectivity index (χ1v) is 8.91. The molecular weight excluding hydrogens is 304 g/mol. The number of hydrogen-bond acceptors (Lipinski definition) is 5. The highest BCUT2D eigenvalue weighted by atomic mass is 33.1. The van der Waals surface area contributed by atoms with E-state index in [4.69, 9.17) is 4.74 Å². The summed E-state index contributed by atoms with van der Waals surface area (Å²) in [6.07, 6.45) is 5.09. The summed E-state index contributed by atoms with van der Waals surface area (Å²) in [6, 6.07) is 8.35. The summed E-state index contributed by atoms with van der Waals surface area (Å²) in [5.41, 5.74) is 1.28. The second-order valence-electron chi connectivity index (χ2n) is 5.07. The number of esters is 1. The largest absolute Gasteiger partial charge is 0.465 e. The summed E-state index contributed by atoms with van der Waals surface area (Å²) in [5.74, 6) is 0.232. The third-order valence-corrected chi connectivity index (χ3v) is 5.93. The van der Waals surface area contributed by atoms with Gasteiger partial charge >= 0.3 is 5.97 Å². The molecule has 0 saturated carbocycles. The fraction of sp³-hybridized carbons (Fsp3) is 0.333. The van der Waals surface area contributed by atoms with E-state index in [9.17, 15) is 4.79 Å². The number of imidazole rings is 1. The van der Waals surface area contributed by atoms with Gasteiger partial charge in [0, 0.05) is 17.9 Å². The average Bonchev–Trinajstić information content (AvgIpc) is 3.07. The highest BCUT2D eigenvalue weighted by molar-refractivity contribution is 8.76. The number of aryl methyl sites for hydroxylation is 1. The first-order valence-electron chi connectivity index (χ1n) is 6.77. The highest BCUT2D eigenvalue weighted by Crippen LogP contribution is 2.39. The topological polar surface area (TPSA) is 44.1 Å². The first-order chi connectivity index (χ1) is 10.2. The van der Waals surface area contributed by atoms with Gasteiger partial charge in [0.25, 0.3) is 0 Å². The smallest absolute Gasteiger partial charge is 0.306 e. The fourth-order valence-corrected chi connectivity index (χ4v) is 4.60. The highest BCUT2D eigenvalue weighted by Gasteiger charge is 2.24. The maximum absolute atomic E-state index is 11.2. The Morgan fingerprint density at radius 3 is 2.95 bits per heavy atom. The van der Waals surface area contributed by atoms with Crippen molar-refractivity contribution in [3.63, 3.8) is 0 Å². The van der Waals surface area contributed by atoms with Crippen LogP contribution in [0.25, 0.3) is 0 Å². The lowest BCUT2D eigenvalue weighted by Crippen LogP contribution is -2.04. The number of nitrogens with zero attached hydrogens (tertiary/aromatic N) is 2. The van der Waals surface area contributed by atoms with E-state index in [1.165, 1.54) is 10.5 Å². The second kappa shape index (κ2) is 6.58. The molecule has 2 heterocycles. The molecule has 2 aromatic rings. The van der Waals surface area contributed by atoms with Crippen LogP contribution in [0.15, 0.2) is 46.7 Å². The molecule has 1 atom stereocenters. The SMILES string of the molecule is Cn1cncc1SSc1ccccc1CC1COC(=O)C1. The number of aromatic nitrogens is 2. The van der Waals surface area contributed by atoms with Crippen molar-refractivity contribution in [2.45, 2.75) is 22.8 Å². The van der Waals surface area contributed by atoms with E-state index < -0.39 is 0 Å². The van der Waals surface area contributed by atoms with Gasteiger partial charge in [0.15, 0.2) is 0 Å². The maximum atomic E-state index is 11.2. The second-order valence-corrected chi connectivity index (χ2v) is 7.27.